The summed E-state index contributed by atoms with van der Waals surface area (Å²) < 4.78 is 6.53. The van der Waals surface area contributed by atoms with Crippen molar-refractivity contribution in [3.63, 3.8) is 0 Å². The van der Waals surface area contributed by atoms with Crippen LogP contribution in [0.5, 0.6) is 0 Å². The maximum absolute atomic E-state index is 8.52. The highest BCUT2D eigenvalue weighted by molar-refractivity contribution is 6.74. The van der Waals surface area contributed by atoms with E-state index in [-0.39, 0.29) is 16.6 Å². The zero-order chi connectivity index (χ0) is 15.3. The van der Waals surface area contributed by atoms with Gasteiger partial charge >= 0.3 is 0 Å². The molecule has 0 aromatic rings. The smallest absolute Gasteiger partial charge is 0.192 e. The van der Waals surface area contributed by atoms with Crippen LogP contribution in [0.4, 0.5) is 0 Å². The molecule has 0 heterocycles. The first-order valence-corrected chi connectivity index (χ1v) is 9.86. The van der Waals surface area contributed by atoms with Gasteiger partial charge in [-0.1, -0.05) is 40.7 Å². The van der Waals surface area contributed by atoms with Crippen molar-refractivity contribution in [1.29, 1.82) is 0 Å². The second-order valence-electron chi connectivity index (χ2n) is 7.27. The van der Waals surface area contributed by atoms with E-state index in [1.54, 1.807) is 0 Å². The fourth-order valence-electron chi connectivity index (χ4n) is 1.53. The van der Waals surface area contributed by atoms with Crippen LogP contribution in [0, 0.1) is 5.41 Å². The van der Waals surface area contributed by atoms with Crippen LogP contribution in [0.2, 0.25) is 18.1 Å². The Morgan fingerprint density at radius 3 is 2.16 bits per heavy atom. The van der Waals surface area contributed by atoms with E-state index >= 15 is 0 Å². The number of rotatable bonds is 7. The van der Waals surface area contributed by atoms with Crippen LogP contribution in [0.25, 0.3) is 0 Å². The van der Waals surface area contributed by atoms with Gasteiger partial charge in [-0.15, -0.1) is 11.7 Å². The van der Waals surface area contributed by atoms with Gasteiger partial charge in [0.25, 0.3) is 0 Å². The number of hydrogen-bond acceptors (Lipinski definition) is 3. The van der Waals surface area contributed by atoms with Crippen molar-refractivity contribution in [1.82, 2.24) is 0 Å². The van der Waals surface area contributed by atoms with Gasteiger partial charge in [-0.3, -0.25) is 0 Å². The first-order chi connectivity index (χ1) is 8.48. The summed E-state index contributed by atoms with van der Waals surface area (Å²) in [6, 6.07) is 0. The third kappa shape index (κ3) is 5.49. The van der Waals surface area contributed by atoms with E-state index in [4.69, 9.17) is 9.63 Å². The third-order valence-corrected chi connectivity index (χ3v) is 8.72. The van der Waals surface area contributed by atoms with Gasteiger partial charge in [0.2, 0.25) is 0 Å². The molecule has 0 fully saturated rings. The zero-order valence-electron chi connectivity index (χ0n) is 13.7. The average Bonchev–Trinajstić information content (AvgIpc) is 2.26. The molecule has 0 aromatic carbocycles. The Bertz CT molecular complexity index is 317. The molecule has 0 aliphatic carbocycles. The molecule has 0 spiro atoms. The van der Waals surface area contributed by atoms with E-state index in [1.807, 2.05) is 6.08 Å². The third-order valence-electron chi connectivity index (χ3n) is 4.24. The van der Waals surface area contributed by atoms with Crippen LogP contribution < -0.4 is 0 Å². The minimum atomic E-state index is -1.81. The molecule has 112 valence electrons. The Morgan fingerprint density at radius 1 is 1.26 bits per heavy atom. The minimum Gasteiger partial charge on any atom is -0.413 e. The lowest BCUT2D eigenvalue weighted by Crippen LogP contribution is -2.47. The lowest BCUT2D eigenvalue weighted by atomic mass is 9.84. The molecule has 1 unspecified atom stereocenters. The van der Waals surface area contributed by atoms with E-state index in [0.29, 0.717) is 6.42 Å². The van der Waals surface area contributed by atoms with Crippen molar-refractivity contribution in [2.24, 2.45) is 10.6 Å². The first-order valence-electron chi connectivity index (χ1n) is 6.95. The summed E-state index contributed by atoms with van der Waals surface area (Å²) in [4.78, 5) is 0. The van der Waals surface area contributed by atoms with Gasteiger partial charge in [-0.2, -0.15) is 0 Å². The van der Waals surface area contributed by atoms with Crippen LogP contribution in [-0.4, -0.2) is 25.8 Å². The summed E-state index contributed by atoms with van der Waals surface area (Å²) in [6.07, 6.45) is 5.15. The van der Waals surface area contributed by atoms with Crippen LogP contribution in [0.1, 0.15) is 47.5 Å². The molecule has 0 aromatic heterocycles. The number of oxime groups is 1. The fraction of sp³-hybridized carbons (Fsp3) is 0.800. The SMILES string of the molecule is C=CC(C)(C)C(CC/C=N/O)O[Si](C)(C)C(C)(C)C. The van der Waals surface area contributed by atoms with Crippen molar-refractivity contribution in [2.75, 3.05) is 0 Å². The summed E-state index contributed by atoms with van der Waals surface area (Å²) >= 11 is 0. The summed E-state index contributed by atoms with van der Waals surface area (Å²) in [6.45, 7) is 19.5. The lowest BCUT2D eigenvalue weighted by molar-refractivity contribution is 0.0857. The van der Waals surface area contributed by atoms with E-state index in [1.165, 1.54) is 6.21 Å². The molecule has 3 nitrogen and oxygen atoms in total. The summed E-state index contributed by atoms with van der Waals surface area (Å²) in [7, 11) is -1.81. The quantitative estimate of drug-likeness (QED) is 0.239. The molecule has 1 N–H and O–H groups in total. The highest BCUT2D eigenvalue weighted by Crippen LogP contribution is 2.40. The van der Waals surface area contributed by atoms with Gasteiger partial charge in [0.1, 0.15) is 0 Å². The Balaban J connectivity index is 5.01. The molecule has 0 saturated heterocycles. The average molecular weight is 286 g/mol. The second-order valence-corrected chi connectivity index (χ2v) is 12.0. The summed E-state index contributed by atoms with van der Waals surface area (Å²) in [5, 5.41) is 11.8. The van der Waals surface area contributed by atoms with Crippen molar-refractivity contribution in [3.05, 3.63) is 12.7 Å². The predicted molar refractivity (Wildman–Crippen MR) is 85.6 cm³/mol. The van der Waals surface area contributed by atoms with Crippen molar-refractivity contribution >= 4 is 14.5 Å². The maximum Gasteiger partial charge on any atom is 0.192 e. The monoisotopic (exact) mass is 285 g/mol. The van der Waals surface area contributed by atoms with Crippen molar-refractivity contribution < 1.29 is 9.63 Å². The van der Waals surface area contributed by atoms with Crippen LogP contribution in [0.3, 0.4) is 0 Å². The molecular formula is C15H31NO2Si. The molecule has 0 bridgehead atoms. The summed E-state index contributed by atoms with van der Waals surface area (Å²) in [5.74, 6) is 0. The van der Waals surface area contributed by atoms with E-state index < -0.39 is 8.32 Å². The number of nitrogens with zero attached hydrogens (tertiary/aromatic N) is 1. The Kier molecular flexibility index (Phi) is 6.49. The molecule has 0 aliphatic rings. The second kappa shape index (κ2) is 6.71. The van der Waals surface area contributed by atoms with Gasteiger partial charge in [0.15, 0.2) is 8.32 Å². The largest absolute Gasteiger partial charge is 0.413 e. The summed E-state index contributed by atoms with van der Waals surface area (Å²) in [5.41, 5.74) is -0.0845. The van der Waals surface area contributed by atoms with Crippen molar-refractivity contribution in [2.45, 2.75) is 71.7 Å². The van der Waals surface area contributed by atoms with E-state index in [9.17, 15) is 0 Å². The van der Waals surface area contributed by atoms with Crippen molar-refractivity contribution in [3.8, 4) is 0 Å². The van der Waals surface area contributed by atoms with E-state index in [2.05, 4.69) is 59.4 Å². The normalized spacial score (nSPS) is 15.7. The standard InChI is InChI=1S/C15H31NO2Si/c1-9-15(5,6)13(11-10-12-16-17)18-19(7,8)14(2,3)4/h9,12-13,17H,1,10-11H2,2-8H3/b16-12+. The molecular weight excluding hydrogens is 254 g/mol. The van der Waals surface area contributed by atoms with Crippen LogP contribution in [0.15, 0.2) is 17.8 Å². The molecule has 19 heavy (non-hydrogen) atoms. The Labute approximate surface area is 119 Å². The van der Waals surface area contributed by atoms with Crippen LogP contribution in [-0.2, 0) is 4.43 Å². The Morgan fingerprint density at radius 2 is 1.79 bits per heavy atom. The van der Waals surface area contributed by atoms with Gasteiger partial charge in [-0.05, 0) is 31.0 Å². The molecule has 0 amide bonds. The van der Waals surface area contributed by atoms with Crippen LogP contribution >= 0.6 is 0 Å². The molecule has 1 atom stereocenters. The molecule has 0 saturated carbocycles. The minimum absolute atomic E-state index is 0.0845. The van der Waals surface area contributed by atoms with Gasteiger partial charge in [0, 0.05) is 11.6 Å². The predicted octanol–water partition coefficient (Wildman–Crippen LogP) is 4.83. The molecule has 0 radical (unpaired) electrons. The van der Waals surface area contributed by atoms with Gasteiger partial charge < -0.3 is 9.63 Å². The Hall–Kier alpha value is -0.613. The highest BCUT2D eigenvalue weighted by atomic mass is 28.4. The van der Waals surface area contributed by atoms with E-state index in [0.717, 1.165) is 6.42 Å². The first kappa shape index (κ1) is 18.4. The lowest BCUT2D eigenvalue weighted by Gasteiger charge is -2.43. The van der Waals surface area contributed by atoms with Gasteiger partial charge in [0.05, 0.1) is 6.10 Å². The van der Waals surface area contributed by atoms with Gasteiger partial charge in [-0.25, -0.2) is 0 Å². The highest BCUT2D eigenvalue weighted by Gasteiger charge is 2.41. The number of hydrogen-bond donors (Lipinski definition) is 1. The molecule has 0 rings (SSSR count). The fourth-order valence-corrected chi connectivity index (χ4v) is 3.02. The maximum atomic E-state index is 8.52. The molecule has 4 heteroatoms. The topological polar surface area (TPSA) is 41.8 Å². The molecule has 0 aliphatic heterocycles. The zero-order valence-corrected chi connectivity index (χ0v) is 14.7.